The summed E-state index contributed by atoms with van der Waals surface area (Å²) in [5.41, 5.74) is 10.1. The number of nitrogens with zero attached hydrogens (tertiary/aromatic N) is 2. The largest absolute Gasteiger partial charge is 0.495 e. The molecule has 2 aromatic heterocycles. The molecule has 2 heterocycles. The van der Waals surface area contributed by atoms with Gasteiger partial charge in [0.15, 0.2) is 0 Å². The molecule has 0 bridgehead atoms. The third-order valence-corrected chi connectivity index (χ3v) is 3.48. The third-order valence-electron chi connectivity index (χ3n) is 3.48. The Morgan fingerprint density at radius 1 is 1.32 bits per heavy atom. The number of nitrogens with one attached hydrogen (secondary N) is 1. The number of aryl methyl sites for hydroxylation is 2. The molecule has 0 fully saturated rings. The Kier molecular flexibility index (Phi) is 2.48. The lowest BCUT2D eigenvalue weighted by atomic mass is 10.0. The zero-order valence-electron chi connectivity index (χ0n) is 11.2. The van der Waals surface area contributed by atoms with Crippen molar-refractivity contribution in [3.8, 4) is 16.9 Å². The van der Waals surface area contributed by atoms with Crippen LogP contribution < -0.4 is 10.5 Å². The summed E-state index contributed by atoms with van der Waals surface area (Å²) < 4.78 is 7.26. The van der Waals surface area contributed by atoms with Crippen molar-refractivity contribution in [2.75, 3.05) is 12.8 Å². The first-order valence-corrected chi connectivity index (χ1v) is 6.06. The van der Waals surface area contributed by atoms with Gasteiger partial charge in [0, 0.05) is 35.3 Å². The molecule has 19 heavy (non-hydrogen) atoms. The van der Waals surface area contributed by atoms with E-state index >= 15 is 0 Å². The van der Waals surface area contributed by atoms with Crippen LogP contribution in [0.3, 0.4) is 0 Å². The molecule has 98 valence electrons. The molecule has 3 rings (SSSR count). The summed E-state index contributed by atoms with van der Waals surface area (Å²) in [5, 5.41) is 5.27. The molecule has 0 spiro atoms. The van der Waals surface area contributed by atoms with Crippen LogP contribution in [0.25, 0.3) is 22.0 Å². The number of aromatic amines is 1. The Bertz CT molecular complexity index is 754. The molecule has 0 saturated heterocycles. The normalized spacial score (nSPS) is 11.1. The van der Waals surface area contributed by atoms with E-state index in [0.29, 0.717) is 5.82 Å². The highest BCUT2D eigenvalue weighted by Gasteiger charge is 2.16. The van der Waals surface area contributed by atoms with Gasteiger partial charge in [-0.1, -0.05) is 0 Å². The minimum Gasteiger partial charge on any atom is -0.495 e. The molecule has 1 aromatic carbocycles. The number of fused-ring (bicyclic) bond motifs is 1. The Morgan fingerprint density at radius 3 is 2.74 bits per heavy atom. The van der Waals surface area contributed by atoms with Crippen LogP contribution in [-0.4, -0.2) is 21.9 Å². The molecule has 0 unspecified atom stereocenters. The third kappa shape index (κ3) is 1.58. The maximum absolute atomic E-state index is 6.05. The summed E-state index contributed by atoms with van der Waals surface area (Å²) in [6.45, 7) is 2.05. The average molecular weight is 256 g/mol. The van der Waals surface area contributed by atoms with Gasteiger partial charge in [0.25, 0.3) is 0 Å². The van der Waals surface area contributed by atoms with Gasteiger partial charge in [0.2, 0.25) is 0 Å². The fraction of sp³-hybridized carbons (Fsp3) is 0.214. The summed E-state index contributed by atoms with van der Waals surface area (Å²) in [6.07, 6.45) is 3.74. The van der Waals surface area contributed by atoms with Gasteiger partial charge in [-0.05, 0) is 24.6 Å². The molecule has 0 aliphatic heterocycles. The average Bonchev–Trinajstić information content (AvgIpc) is 2.94. The van der Waals surface area contributed by atoms with Crippen LogP contribution in [0.4, 0.5) is 5.82 Å². The molecule has 0 amide bonds. The number of hydrogen-bond acceptors (Lipinski definition) is 3. The number of nitrogen functional groups attached to an aromatic ring is 1. The van der Waals surface area contributed by atoms with E-state index in [9.17, 15) is 0 Å². The minimum atomic E-state index is 0.630. The van der Waals surface area contributed by atoms with E-state index in [1.165, 1.54) is 0 Å². The predicted molar refractivity (Wildman–Crippen MR) is 76.2 cm³/mol. The summed E-state index contributed by atoms with van der Waals surface area (Å²) in [5.74, 6) is 1.46. The van der Waals surface area contributed by atoms with Crippen LogP contribution in [0.2, 0.25) is 0 Å². The Labute approximate surface area is 111 Å². The summed E-state index contributed by atoms with van der Waals surface area (Å²) in [7, 11) is 3.50. The predicted octanol–water partition coefficient (Wildman–Crippen LogP) is 2.47. The molecule has 0 saturated carbocycles. The number of rotatable bonds is 2. The van der Waals surface area contributed by atoms with E-state index in [4.69, 9.17) is 10.5 Å². The SMILES string of the molecule is COc1c(-c2cnn(C)c2N)ccc2[nH]cc(C)c12. The molecular weight excluding hydrogens is 240 g/mol. The van der Waals surface area contributed by atoms with Crippen LogP contribution in [0, 0.1) is 6.92 Å². The van der Waals surface area contributed by atoms with E-state index < -0.39 is 0 Å². The fourth-order valence-electron chi connectivity index (χ4n) is 2.43. The number of ether oxygens (including phenoxy) is 1. The van der Waals surface area contributed by atoms with Gasteiger partial charge in [-0.2, -0.15) is 5.10 Å². The van der Waals surface area contributed by atoms with Crippen molar-refractivity contribution in [3.63, 3.8) is 0 Å². The van der Waals surface area contributed by atoms with Crippen LogP contribution in [0.5, 0.6) is 5.75 Å². The number of aromatic nitrogens is 3. The molecule has 5 heteroatoms. The molecule has 0 aliphatic rings. The standard InChI is InChI=1S/C14H16N4O/c1-8-6-16-11-5-4-9(13(19-3)12(8)11)10-7-17-18(2)14(10)15/h4-7,16H,15H2,1-3H3. The number of benzene rings is 1. The quantitative estimate of drug-likeness (QED) is 0.740. The van der Waals surface area contributed by atoms with Gasteiger partial charge < -0.3 is 15.5 Å². The molecule has 0 atom stereocenters. The molecule has 0 radical (unpaired) electrons. The second kappa shape index (κ2) is 4.05. The maximum atomic E-state index is 6.05. The van der Waals surface area contributed by atoms with Crippen molar-refractivity contribution in [3.05, 3.63) is 30.1 Å². The Balaban J connectivity index is 2.35. The lowest BCUT2D eigenvalue weighted by Gasteiger charge is -2.10. The zero-order valence-corrected chi connectivity index (χ0v) is 11.2. The first-order valence-electron chi connectivity index (χ1n) is 6.06. The van der Waals surface area contributed by atoms with Gasteiger partial charge in [0.1, 0.15) is 11.6 Å². The highest BCUT2D eigenvalue weighted by Crippen LogP contribution is 2.39. The second-order valence-electron chi connectivity index (χ2n) is 4.61. The van der Waals surface area contributed by atoms with Gasteiger partial charge >= 0.3 is 0 Å². The van der Waals surface area contributed by atoms with Crippen LogP contribution in [0.1, 0.15) is 5.56 Å². The molecule has 0 aliphatic carbocycles. The Hall–Kier alpha value is -2.43. The van der Waals surface area contributed by atoms with Crippen molar-refractivity contribution in [1.29, 1.82) is 0 Å². The first-order chi connectivity index (χ1) is 9.13. The summed E-state index contributed by atoms with van der Waals surface area (Å²) in [6, 6.07) is 4.04. The summed E-state index contributed by atoms with van der Waals surface area (Å²) in [4.78, 5) is 3.23. The summed E-state index contributed by atoms with van der Waals surface area (Å²) >= 11 is 0. The van der Waals surface area contributed by atoms with Gasteiger partial charge in [-0.25, -0.2) is 0 Å². The molecule has 3 aromatic rings. The number of anilines is 1. The van der Waals surface area contributed by atoms with Crippen molar-refractivity contribution in [2.45, 2.75) is 6.92 Å². The number of H-pyrrole nitrogens is 1. The first kappa shape index (κ1) is 11.6. The van der Waals surface area contributed by atoms with Gasteiger partial charge in [-0.15, -0.1) is 0 Å². The van der Waals surface area contributed by atoms with Crippen LogP contribution in [-0.2, 0) is 7.05 Å². The molecular formula is C14H16N4O. The lowest BCUT2D eigenvalue weighted by molar-refractivity contribution is 0.421. The van der Waals surface area contributed by atoms with Crippen LogP contribution >= 0.6 is 0 Å². The van der Waals surface area contributed by atoms with E-state index in [2.05, 4.69) is 17.0 Å². The van der Waals surface area contributed by atoms with Crippen LogP contribution in [0.15, 0.2) is 24.5 Å². The topological polar surface area (TPSA) is 68.9 Å². The Morgan fingerprint density at radius 2 is 2.11 bits per heavy atom. The molecule has 3 N–H and O–H groups in total. The van der Waals surface area contributed by atoms with Crippen molar-refractivity contribution in [2.24, 2.45) is 7.05 Å². The van der Waals surface area contributed by atoms with E-state index in [-0.39, 0.29) is 0 Å². The number of hydrogen-bond donors (Lipinski definition) is 2. The van der Waals surface area contributed by atoms with E-state index in [1.54, 1.807) is 18.0 Å². The lowest BCUT2D eigenvalue weighted by Crippen LogP contribution is -1.98. The fourth-order valence-corrected chi connectivity index (χ4v) is 2.43. The molecule has 5 nitrogen and oxygen atoms in total. The minimum absolute atomic E-state index is 0.630. The zero-order chi connectivity index (χ0) is 13.6. The smallest absolute Gasteiger partial charge is 0.136 e. The number of methoxy groups -OCH3 is 1. The van der Waals surface area contributed by atoms with E-state index in [1.807, 2.05) is 25.4 Å². The van der Waals surface area contributed by atoms with E-state index in [0.717, 1.165) is 33.3 Å². The van der Waals surface area contributed by atoms with Gasteiger partial charge in [-0.3, -0.25) is 4.68 Å². The highest BCUT2D eigenvalue weighted by atomic mass is 16.5. The second-order valence-corrected chi connectivity index (χ2v) is 4.61. The van der Waals surface area contributed by atoms with Crippen molar-refractivity contribution < 1.29 is 4.74 Å². The highest BCUT2D eigenvalue weighted by molar-refractivity contribution is 5.97. The number of nitrogens with two attached hydrogens (primary N) is 1. The van der Waals surface area contributed by atoms with Crippen molar-refractivity contribution in [1.82, 2.24) is 14.8 Å². The maximum Gasteiger partial charge on any atom is 0.136 e. The van der Waals surface area contributed by atoms with Gasteiger partial charge in [0.05, 0.1) is 13.3 Å². The van der Waals surface area contributed by atoms with Crippen molar-refractivity contribution >= 4 is 16.7 Å². The monoisotopic (exact) mass is 256 g/mol.